The Bertz CT molecular complexity index is 201. The van der Waals surface area contributed by atoms with Gasteiger partial charge in [0.2, 0.25) is 0 Å². The second-order valence-corrected chi connectivity index (χ2v) is 4.81. The molecule has 1 atom stereocenters. The molecule has 0 saturated carbocycles. The Morgan fingerprint density at radius 1 is 1.47 bits per heavy atom. The Kier molecular flexibility index (Phi) is 3.61. The Hall–Kier alpha value is -0.160. The topological polar surface area (TPSA) is 47.7 Å². The molecule has 0 aromatic carbocycles. The molecule has 0 aromatic rings. The minimum atomic E-state index is 0.230. The monoisotopic (exact) mass is 214 g/mol. The maximum Gasteiger partial charge on any atom is 0.0824 e. The SMILES string of the molecule is CCC1(CN2CCOC(CN)C2)COC1. The highest BCUT2D eigenvalue weighted by atomic mass is 16.5. The first-order valence-electron chi connectivity index (χ1n) is 5.90. The fourth-order valence-corrected chi connectivity index (χ4v) is 2.34. The average Bonchev–Trinajstić information content (AvgIpc) is 2.24. The molecule has 4 nitrogen and oxygen atoms in total. The second kappa shape index (κ2) is 4.78. The molecule has 2 aliphatic rings. The third-order valence-electron chi connectivity index (χ3n) is 3.61. The van der Waals surface area contributed by atoms with Gasteiger partial charge in [0, 0.05) is 31.6 Å². The van der Waals surface area contributed by atoms with Crippen molar-refractivity contribution in [2.45, 2.75) is 19.4 Å². The van der Waals surface area contributed by atoms with Crippen LogP contribution < -0.4 is 5.73 Å². The van der Waals surface area contributed by atoms with E-state index in [4.69, 9.17) is 15.2 Å². The van der Waals surface area contributed by atoms with E-state index in [0.29, 0.717) is 12.0 Å². The summed E-state index contributed by atoms with van der Waals surface area (Å²) in [5.74, 6) is 0. The minimum absolute atomic E-state index is 0.230. The molecule has 2 rings (SSSR count). The number of ether oxygens (including phenoxy) is 2. The van der Waals surface area contributed by atoms with E-state index >= 15 is 0 Å². The van der Waals surface area contributed by atoms with E-state index in [1.165, 1.54) is 6.42 Å². The molecule has 4 heteroatoms. The molecular formula is C11H22N2O2. The van der Waals surface area contributed by atoms with Crippen molar-refractivity contribution < 1.29 is 9.47 Å². The summed E-state index contributed by atoms with van der Waals surface area (Å²) in [4.78, 5) is 2.48. The summed E-state index contributed by atoms with van der Waals surface area (Å²) in [6, 6.07) is 0. The predicted octanol–water partition coefficient (Wildman–Crippen LogP) is 0.0725. The molecule has 0 aliphatic carbocycles. The van der Waals surface area contributed by atoms with E-state index in [9.17, 15) is 0 Å². The van der Waals surface area contributed by atoms with Crippen LogP contribution in [0.3, 0.4) is 0 Å². The smallest absolute Gasteiger partial charge is 0.0824 e. The molecule has 88 valence electrons. The van der Waals surface area contributed by atoms with Crippen molar-refractivity contribution in [1.29, 1.82) is 0 Å². The molecule has 2 saturated heterocycles. The third-order valence-corrected chi connectivity index (χ3v) is 3.61. The normalized spacial score (nSPS) is 31.2. The van der Waals surface area contributed by atoms with Crippen LogP contribution in [-0.2, 0) is 9.47 Å². The quantitative estimate of drug-likeness (QED) is 0.719. The van der Waals surface area contributed by atoms with Crippen LogP contribution in [0.15, 0.2) is 0 Å². The van der Waals surface area contributed by atoms with Gasteiger partial charge in [-0.2, -0.15) is 0 Å². The maximum atomic E-state index is 5.63. The van der Waals surface area contributed by atoms with Gasteiger partial charge in [-0.1, -0.05) is 6.92 Å². The summed E-state index contributed by atoms with van der Waals surface area (Å²) in [7, 11) is 0. The van der Waals surface area contributed by atoms with Crippen LogP contribution in [0.4, 0.5) is 0 Å². The first-order chi connectivity index (χ1) is 7.28. The Balaban J connectivity index is 1.82. The molecule has 0 bridgehead atoms. The molecule has 0 amide bonds. The molecule has 2 aliphatic heterocycles. The number of hydrogen-bond donors (Lipinski definition) is 1. The summed E-state index contributed by atoms with van der Waals surface area (Å²) >= 11 is 0. The summed E-state index contributed by atoms with van der Waals surface area (Å²) < 4.78 is 10.9. The lowest BCUT2D eigenvalue weighted by atomic mass is 9.82. The van der Waals surface area contributed by atoms with E-state index < -0.39 is 0 Å². The lowest BCUT2D eigenvalue weighted by molar-refractivity contribution is -0.139. The largest absolute Gasteiger partial charge is 0.380 e. The minimum Gasteiger partial charge on any atom is -0.380 e. The fourth-order valence-electron chi connectivity index (χ4n) is 2.34. The lowest BCUT2D eigenvalue weighted by Crippen LogP contribution is -2.55. The average molecular weight is 214 g/mol. The van der Waals surface area contributed by atoms with Gasteiger partial charge in [0.25, 0.3) is 0 Å². The number of nitrogens with two attached hydrogens (primary N) is 1. The van der Waals surface area contributed by atoms with E-state index in [2.05, 4.69) is 11.8 Å². The van der Waals surface area contributed by atoms with E-state index in [0.717, 1.165) is 39.5 Å². The molecule has 0 spiro atoms. The molecule has 2 fully saturated rings. The van der Waals surface area contributed by atoms with Gasteiger partial charge >= 0.3 is 0 Å². The first-order valence-corrected chi connectivity index (χ1v) is 5.90. The number of morpholine rings is 1. The summed E-state index contributed by atoms with van der Waals surface area (Å²) in [5, 5.41) is 0. The van der Waals surface area contributed by atoms with Crippen molar-refractivity contribution in [1.82, 2.24) is 4.90 Å². The van der Waals surface area contributed by atoms with Crippen molar-refractivity contribution in [2.24, 2.45) is 11.1 Å². The highest BCUT2D eigenvalue weighted by Crippen LogP contribution is 2.32. The summed E-state index contributed by atoms with van der Waals surface area (Å²) in [6.07, 6.45) is 1.44. The van der Waals surface area contributed by atoms with E-state index in [-0.39, 0.29) is 6.10 Å². The van der Waals surface area contributed by atoms with Crippen LogP contribution in [0.1, 0.15) is 13.3 Å². The lowest BCUT2D eigenvalue weighted by Gasteiger charge is -2.45. The molecular weight excluding hydrogens is 192 g/mol. The van der Waals surface area contributed by atoms with Crippen LogP contribution in [0, 0.1) is 5.41 Å². The maximum absolute atomic E-state index is 5.63. The van der Waals surface area contributed by atoms with Gasteiger partial charge in [0.15, 0.2) is 0 Å². The Morgan fingerprint density at radius 2 is 2.27 bits per heavy atom. The molecule has 2 heterocycles. The fraction of sp³-hybridized carbons (Fsp3) is 1.00. The van der Waals surface area contributed by atoms with Gasteiger partial charge in [-0.25, -0.2) is 0 Å². The predicted molar refractivity (Wildman–Crippen MR) is 58.8 cm³/mol. The zero-order valence-electron chi connectivity index (χ0n) is 9.58. The van der Waals surface area contributed by atoms with Gasteiger partial charge in [0.05, 0.1) is 25.9 Å². The van der Waals surface area contributed by atoms with Gasteiger partial charge in [-0.3, -0.25) is 4.90 Å². The molecule has 0 radical (unpaired) electrons. The van der Waals surface area contributed by atoms with Crippen LogP contribution in [-0.4, -0.2) is 57.0 Å². The van der Waals surface area contributed by atoms with Gasteiger partial charge in [-0.05, 0) is 6.42 Å². The highest BCUT2D eigenvalue weighted by Gasteiger charge is 2.39. The Labute approximate surface area is 91.7 Å². The van der Waals surface area contributed by atoms with E-state index in [1.54, 1.807) is 0 Å². The summed E-state index contributed by atoms with van der Waals surface area (Å²) in [6.45, 7) is 8.72. The van der Waals surface area contributed by atoms with Crippen molar-refractivity contribution >= 4 is 0 Å². The van der Waals surface area contributed by atoms with Crippen LogP contribution in [0.5, 0.6) is 0 Å². The highest BCUT2D eigenvalue weighted by molar-refractivity contribution is 4.88. The number of rotatable bonds is 4. The number of nitrogens with zero attached hydrogens (tertiary/aromatic N) is 1. The molecule has 0 aromatic heterocycles. The molecule has 2 N–H and O–H groups in total. The molecule has 1 unspecified atom stereocenters. The van der Waals surface area contributed by atoms with Crippen molar-refractivity contribution in [3.8, 4) is 0 Å². The van der Waals surface area contributed by atoms with E-state index in [1.807, 2.05) is 0 Å². The number of hydrogen-bond acceptors (Lipinski definition) is 4. The van der Waals surface area contributed by atoms with Crippen LogP contribution in [0.25, 0.3) is 0 Å². The zero-order chi connectivity index (χ0) is 10.7. The van der Waals surface area contributed by atoms with Gasteiger partial charge in [-0.15, -0.1) is 0 Å². The Morgan fingerprint density at radius 3 is 2.80 bits per heavy atom. The van der Waals surface area contributed by atoms with Gasteiger partial charge in [0.1, 0.15) is 0 Å². The van der Waals surface area contributed by atoms with Crippen molar-refractivity contribution in [2.75, 3.05) is 46.0 Å². The third kappa shape index (κ3) is 2.50. The zero-order valence-corrected chi connectivity index (χ0v) is 9.58. The first kappa shape index (κ1) is 11.3. The van der Waals surface area contributed by atoms with Crippen LogP contribution in [0.2, 0.25) is 0 Å². The summed E-state index contributed by atoms with van der Waals surface area (Å²) in [5.41, 5.74) is 6.05. The van der Waals surface area contributed by atoms with Crippen LogP contribution >= 0.6 is 0 Å². The second-order valence-electron chi connectivity index (χ2n) is 4.81. The van der Waals surface area contributed by atoms with Gasteiger partial charge < -0.3 is 15.2 Å². The van der Waals surface area contributed by atoms with Crippen molar-refractivity contribution in [3.63, 3.8) is 0 Å². The standard InChI is InChI=1S/C11H22N2O2/c1-2-11(8-14-9-11)7-13-3-4-15-10(5-12)6-13/h10H,2-9,12H2,1H3. The molecule has 15 heavy (non-hydrogen) atoms. The van der Waals surface area contributed by atoms with Crippen molar-refractivity contribution in [3.05, 3.63) is 0 Å².